The van der Waals surface area contributed by atoms with Crippen LogP contribution in [0.3, 0.4) is 0 Å². The zero-order valence-electron chi connectivity index (χ0n) is 12.8. The van der Waals surface area contributed by atoms with Crippen molar-refractivity contribution in [1.82, 2.24) is 15.5 Å². The van der Waals surface area contributed by atoms with Gasteiger partial charge >= 0.3 is 0 Å². The molecule has 0 spiro atoms. The highest BCUT2D eigenvalue weighted by Gasteiger charge is 2.44. The molecule has 1 aliphatic carbocycles. The summed E-state index contributed by atoms with van der Waals surface area (Å²) in [6.07, 6.45) is 1.60. The van der Waals surface area contributed by atoms with Crippen LogP contribution in [0.5, 0.6) is 0 Å². The first-order chi connectivity index (χ1) is 10.5. The minimum atomic E-state index is -0.557. The largest absolute Gasteiger partial charge is 0.377 e. The Hall–Kier alpha value is 0.340. The summed E-state index contributed by atoms with van der Waals surface area (Å²) in [5.41, 5.74) is 0. The first-order valence-corrected chi connectivity index (χ1v) is 8.88. The second-order valence-corrected chi connectivity index (χ2v) is 7.59. The van der Waals surface area contributed by atoms with Gasteiger partial charge in [-0.15, -0.1) is 23.2 Å². The van der Waals surface area contributed by atoms with Crippen molar-refractivity contribution < 1.29 is 14.6 Å². The molecule has 0 bridgehead atoms. The fourth-order valence-corrected chi connectivity index (χ4v) is 4.49. The fraction of sp³-hybridized carbons (Fsp3) is 1.00. The quantitative estimate of drug-likeness (QED) is 0.643. The molecule has 0 aromatic carbocycles. The molecule has 22 heavy (non-hydrogen) atoms. The molecule has 8 heteroatoms. The lowest BCUT2D eigenvalue weighted by Gasteiger charge is -2.40. The van der Waals surface area contributed by atoms with Crippen molar-refractivity contribution in [2.75, 3.05) is 19.8 Å². The minimum Gasteiger partial charge on any atom is -0.377 e. The number of alkyl halides is 2. The number of aliphatic hydroxyl groups is 1. The van der Waals surface area contributed by atoms with Crippen LogP contribution < -0.4 is 10.6 Å². The van der Waals surface area contributed by atoms with E-state index < -0.39 is 6.23 Å². The van der Waals surface area contributed by atoms with Crippen molar-refractivity contribution in [1.29, 1.82) is 0 Å². The van der Waals surface area contributed by atoms with Crippen LogP contribution in [-0.4, -0.2) is 71.4 Å². The second-order valence-electron chi connectivity index (χ2n) is 6.35. The first-order valence-electron chi connectivity index (χ1n) is 8.01. The number of aliphatic hydroxyl groups excluding tert-OH is 1. The number of nitrogens with zero attached hydrogens (tertiary/aromatic N) is 1. The van der Waals surface area contributed by atoms with Gasteiger partial charge in [0, 0.05) is 29.4 Å². The van der Waals surface area contributed by atoms with Crippen molar-refractivity contribution in [3.05, 3.63) is 0 Å². The summed E-state index contributed by atoms with van der Waals surface area (Å²) < 4.78 is 10.9. The van der Waals surface area contributed by atoms with Gasteiger partial charge in [-0.2, -0.15) is 0 Å². The maximum Gasteiger partial charge on any atom is 0.170 e. The van der Waals surface area contributed by atoms with Gasteiger partial charge in [0.2, 0.25) is 0 Å². The number of nitrogens with one attached hydrogen (secondary N) is 2. The Balaban J connectivity index is 1.62. The first kappa shape index (κ1) is 17.2. The van der Waals surface area contributed by atoms with Gasteiger partial charge in [-0.3, -0.25) is 10.6 Å². The predicted octanol–water partition coefficient (Wildman–Crippen LogP) is 0.612. The van der Waals surface area contributed by atoms with Crippen LogP contribution >= 0.6 is 23.2 Å². The van der Waals surface area contributed by atoms with E-state index in [1.54, 1.807) is 0 Å². The normalized spacial score (nSPS) is 44.7. The molecule has 3 N–H and O–H groups in total. The summed E-state index contributed by atoms with van der Waals surface area (Å²) in [5.74, 6) is 0. The lowest BCUT2D eigenvalue weighted by atomic mass is 9.93. The molecule has 0 aromatic rings. The van der Waals surface area contributed by atoms with Gasteiger partial charge in [0.25, 0.3) is 0 Å². The van der Waals surface area contributed by atoms with Crippen LogP contribution in [0.25, 0.3) is 0 Å². The molecule has 5 unspecified atom stereocenters. The van der Waals surface area contributed by atoms with Crippen molar-refractivity contribution in [3.8, 4) is 0 Å². The van der Waals surface area contributed by atoms with E-state index in [9.17, 15) is 5.11 Å². The zero-order valence-corrected chi connectivity index (χ0v) is 14.3. The topological polar surface area (TPSA) is 66.0 Å². The summed E-state index contributed by atoms with van der Waals surface area (Å²) >= 11 is 12.6. The van der Waals surface area contributed by atoms with E-state index in [1.807, 2.05) is 6.92 Å². The molecule has 0 radical (unpaired) electrons. The zero-order chi connectivity index (χ0) is 15.7. The monoisotopic (exact) mass is 353 g/mol. The van der Waals surface area contributed by atoms with Gasteiger partial charge in [-0.1, -0.05) is 0 Å². The lowest BCUT2D eigenvalue weighted by molar-refractivity contribution is -0.0610. The molecule has 0 amide bonds. The number of ether oxygens (including phenoxy) is 2. The maximum atomic E-state index is 10.5. The summed E-state index contributed by atoms with van der Waals surface area (Å²) in [4.78, 5) is 2.06. The standard InChI is InChI=1S/C14H25Cl2N3O3/c1-8-13(20)19(11-5-9(15)4-10(16)6-11)14(18-8)17-7-12-21-2-3-22-12/h8-14,17-18,20H,2-7H2,1H3. The molecule has 128 valence electrons. The van der Waals surface area contributed by atoms with Gasteiger partial charge in [-0.05, 0) is 26.2 Å². The van der Waals surface area contributed by atoms with Crippen molar-refractivity contribution in [2.24, 2.45) is 0 Å². The van der Waals surface area contributed by atoms with Gasteiger partial charge in [0.15, 0.2) is 6.29 Å². The van der Waals surface area contributed by atoms with Crippen molar-refractivity contribution in [2.45, 2.75) is 67.8 Å². The predicted molar refractivity (Wildman–Crippen MR) is 84.8 cm³/mol. The maximum absolute atomic E-state index is 10.5. The van der Waals surface area contributed by atoms with Crippen LogP contribution in [0, 0.1) is 0 Å². The van der Waals surface area contributed by atoms with Crippen LogP contribution in [0.4, 0.5) is 0 Å². The Labute approximate surface area is 141 Å². The molecule has 2 heterocycles. The molecule has 0 aromatic heterocycles. The van der Waals surface area contributed by atoms with E-state index >= 15 is 0 Å². The highest BCUT2D eigenvalue weighted by atomic mass is 35.5. The van der Waals surface area contributed by atoms with Crippen molar-refractivity contribution in [3.63, 3.8) is 0 Å². The molecular weight excluding hydrogens is 329 g/mol. The van der Waals surface area contributed by atoms with E-state index in [2.05, 4.69) is 15.5 Å². The SMILES string of the molecule is CC1NC(NCC2OCCO2)N(C2CC(Cl)CC(Cl)C2)C1O. The molecule has 2 saturated heterocycles. The van der Waals surface area contributed by atoms with E-state index in [0.717, 1.165) is 19.3 Å². The Morgan fingerprint density at radius 3 is 2.45 bits per heavy atom. The van der Waals surface area contributed by atoms with Crippen LogP contribution in [-0.2, 0) is 9.47 Å². The minimum absolute atomic E-state index is 0.0209. The van der Waals surface area contributed by atoms with Crippen LogP contribution in [0.15, 0.2) is 0 Å². The van der Waals surface area contributed by atoms with Crippen LogP contribution in [0.2, 0.25) is 0 Å². The summed E-state index contributed by atoms with van der Waals surface area (Å²) in [5, 5.41) is 17.4. The fourth-order valence-electron chi connectivity index (χ4n) is 3.56. The molecule has 3 rings (SSSR count). The number of hydrogen-bond acceptors (Lipinski definition) is 6. The van der Waals surface area contributed by atoms with E-state index in [4.69, 9.17) is 32.7 Å². The summed E-state index contributed by atoms with van der Waals surface area (Å²) in [6, 6.07) is 0.140. The second kappa shape index (κ2) is 7.49. The van der Waals surface area contributed by atoms with Gasteiger partial charge in [0.1, 0.15) is 12.5 Å². The molecular formula is C14H25Cl2N3O3. The highest BCUT2D eigenvalue weighted by molar-refractivity contribution is 6.23. The number of halogens is 2. The smallest absolute Gasteiger partial charge is 0.170 e. The molecule has 1 saturated carbocycles. The highest BCUT2D eigenvalue weighted by Crippen LogP contribution is 2.33. The Bertz CT molecular complexity index is 363. The Morgan fingerprint density at radius 1 is 1.18 bits per heavy atom. The number of rotatable bonds is 4. The third-order valence-corrected chi connectivity index (χ3v) is 5.34. The van der Waals surface area contributed by atoms with Gasteiger partial charge < -0.3 is 14.6 Å². The summed E-state index contributed by atoms with van der Waals surface area (Å²) in [6.45, 7) is 3.82. The van der Waals surface area contributed by atoms with Crippen molar-refractivity contribution >= 4 is 23.2 Å². The van der Waals surface area contributed by atoms with E-state index in [-0.39, 0.29) is 35.4 Å². The Kier molecular flexibility index (Phi) is 5.84. The van der Waals surface area contributed by atoms with Gasteiger partial charge in [-0.25, -0.2) is 4.90 Å². The molecule has 2 aliphatic heterocycles. The average molecular weight is 354 g/mol. The van der Waals surface area contributed by atoms with Gasteiger partial charge in [0.05, 0.1) is 13.2 Å². The van der Waals surface area contributed by atoms with E-state index in [0.29, 0.717) is 19.8 Å². The average Bonchev–Trinajstić information content (AvgIpc) is 3.05. The summed E-state index contributed by atoms with van der Waals surface area (Å²) in [7, 11) is 0. The molecule has 6 nitrogen and oxygen atoms in total. The third kappa shape index (κ3) is 3.87. The third-order valence-electron chi connectivity index (χ3n) is 4.63. The van der Waals surface area contributed by atoms with Crippen LogP contribution in [0.1, 0.15) is 26.2 Å². The Morgan fingerprint density at radius 2 is 1.82 bits per heavy atom. The lowest BCUT2D eigenvalue weighted by Crippen LogP contribution is -2.56. The molecule has 3 aliphatic rings. The number of hydrogen-bond donors (Lipinski definition) is 3. The molecule has 3 fully saturated rings. The van der Waals surface area contributed by atoms with E-state index in [1.165, 1.54) is 0 Å². The molecule has 5 atom stereocenters.